The first-order chi connectivity index (χ1) is 6.93. The van der Waals surface area contributed by atoms with Crippen LogP contribution in [0.15, 0.2) is 48.6 Å². The molecule has 1 nitrogen and oxygen atoms in total. The summed E-state index contributed by atoms with van der Waals surface area (Å²) in [5.74, 6) is 0. The monoisotopic (exact) mass is 365 g/mol. The van der Waals surface area contributed by atoms with Crippen molar-refractivity contribution in [1.29, 1.82) is 0 Å². The molecule has 1 rings (SSSR count). The standard InChI is InChI=1S/C11H12O.CH2I.Zn/c12-10-6-2-5-9-11-7-3-1-4-8-11;1-2;/h1-9,12H,10H2;1H2;/q;-1;/b6-2+,9-5+;;. The second-order valence-electron chi connectivity index (χ2n) is 2.38. The van der Waals surface area contributed by atoms with E-state index in [-0.39, 0.29) is 26.1 Å². The minimum atomic E-state index is 0. The van der Waals surface area contributed by atoms with Gasteiger partial charge in [0.25, 0.3) is 0 Å². The molecule has 0 aliphatic heterocycles. The van der Waals surface area contributed by atoms with Crippen molar-refractivity contribution in [2.75, 3.05) is 6.61 Å². The minimum absolute atomic E-state index is 0. The molecule has 0 fully saturated rings. The van der Waals surface area contributed by atoms with E-state index in [0.29, 0.717) is 0 Å². The molecule has 78 valence electrons. The maximum absolute atomic E-state index is 8.44. The van der Waals surface area contributed by atoms with E-state index in [2.05, 4.69) is 4.93 Å². The van der Waals surface area contributed by atoms with E-state index in [4.69, 9.17) is 5.11 Å². The van der Waals surface area contributed by atoms with Crippen molar-refractivity contribution in [1.82, 2.24) is 0 Å². The number of aliphatic hydroxyl groups is 1. The Balaban J connectivity index is 0. The van der Waals surface area contributed by atoms with Crippen LogP contribution in [0.5, 0.6) is 0 Å². The Kier molecular flexibility index (Phi) is 16.3. The van der Waals surface area contributed by atoms with Crippen molar-refractivity contribution in [3.05, 3.63) is 59.1 Å². The van der Waals surface area contributed by atoms with Crippen LogP contribution in [0.25, 0.3) is 6.08 Å². The molecule has 0 saturated heterocycles. The smallest absolute Gasteiger partial charge is 0.0615 e. The average Bonchev–Trinajstić information content (AvgIpc) is 2.29. The summed E-state index contributed by atoms with van der Waals surface area (Å²) >= 11 is 1.90. The van der Waals surface area contributed by atoms with Crippen LogP contribution in [0, 0.1) is 4.93 Å². The van der Waals surface area contributed by atoms with Crippen molar-refractivity contribution >= 4 is 28.7 Å². The first-order valence-corrected chi connectivity index (χ1v) is 5.72. The molecule has 0 atom stereocenters. The third kappa shape index (κ3) is 10.3. The molecule has 0 heterocycles. The quantitative estimate of drug-likeness (QED) is 0.376. The van der Waals surface area contributed by atoms with Gasteiger partial charge in [0.2, 0.25) is 0 Å². The largest absolute Gasteiger partial charge is 0.392 e. The van der Waals surface area contributed by atoms with Gasteiger partial charge in [-0.3, -0.25) is 4.93 Å². The Labute approximate surface area is 118 Å². The first-order valence-electron chi connectivity index (χ1n) is 4.19. The maximum atomic E-state index is 8.44. The van der Waals surface area contributed by atoms with Crippen LogP contribution < -0.4 is 0 Å². The zero-order valence-corrected chi connectivity index (χ0v) is 13.8. The molecular weight excluding hydrogens is 352 g/mol. The van der Waals surface area contributed by atoms with E-state index in [0.717, 1.165) is 0 Å². The molecule has 0 radical (unpaired) electrons. The van der Waals surface area contributed by atoms with E-state index in [1.165, 1.54) is 5.56 Å². The van der Waals surface area contributed by atoms with E-state index in [1.807, 2.05) is 71.2 Å². The predicted octanol–water partition coefficient (Wildman–Crippen LogP) is 3.46. The molecule has 0 aromatic heterocycles. The summed E-state index contributed by atoms with van der Waals surface area (Å²) in [5.41, 5.74) is 1.17. The SMILES string of the molecule is OC/C=C/C=C/c1ccccc1.[CH2-]I.[Zn]. The van der Waals surface area contributed by atoms with Crippen molar-refractivity contribution in [3.63, 3.8) is 0 Å². The fourth-order valence-electron chi connectivity index (χ4n) is 0.870. The van der Waals surface area contributed by atoms with Gasteiger partial charge in [0.05, 0.1) is 6.61 Å². The number of halogens is 1. The van der Waals surface area contributed by atoms with Crippen LogP contribution in [0.4, 0.5) is 0 Å². The van der Waals surface area contributed by atoms with Gasteiger partial charge in [0, 0.05) is 19.5 Å². The van der Waals surface area contributed by atoms with Gasteiger partial charge < -0.3 is 27.7 Å². The minimum Gasteiger partial charge on any atom is -0.392 e. The van der Waals surface area contributed by atoms with Gasteiger partial charge in [0.1, 0.15) is 0 Å². The Bertz CT molecular complexity index is 270. The predicted molar refractivity (Wildman–Crippen MR) is 71.1 cm³/mol. The fourth-order valence-corrected chi connectivity index (χ4v) is 0.870. The van der Waals surface area contributed by atoms with Crippen LogP contribution >= 0.6 is 22.6 Å². The van der Waals surface area contributed by atoms with E-state index < -0.39 is 0 Å². The van der Waals surface area contributed by atoms with E-state index >= 15 is 0 Å². The van der Waals surface area contributed by atoms with Gasteiger partial charge in [-0.15, -0.1) is 0 Å². The molecule has 3 heteroatoms. The van der Waals surface area contributed by atoms with Gasteiger partial charge in [-0.2, -0.15) is 0 Å². The van der Waals surface area contributed by atoms with E-state index in [1.54, 1.807) is 6.08 Å². The van der Waals surface area contributed by atoms with Crippen LogP contribution in [0.3, 0.4) is 0 Å². The van der Waals surface area contributed by atoms with Crippen molar-refractivity contribution in [2.24, 2.45) is 0 Å². The number of aliphatic hydroxyl groups excluding tert-OH is 1. The van der Waals surface area contributed by atoms with Crippen molar-refractivity contribution < 1.29 is 24.6 Å². The summed E-state index contributed by atoms with van der Waals surface area (Å²) in [6, 6.07) is 10.0. The molecular formula is C12H14IOZn-. The Morgan fingerprint density at radius 1 is 1.13 bits per heavy atom. The molecule has 0 saturated carbocycles. The molecule has 1 aromatic carbocycles. The molecule has 1 aromatic rings. The molecule has 0 bridgehead atoms. The van der Waals surface area contributed by atoms with Gasteiger partial charge in [0.15, 0.2) is 0 Å². The normalized spacial score (nSPS) is 9.53. The first kappa shape index (κ1) is 17.4. The average molecular weight is 367 g/mol. The molecule has 0 spiro atoms. The number of allylic oxidation sites excluding steroid dienone is 2. The van der Waals surface area contributed by atoms with E-state index in [9.17, 15) is 0 Å². The summed E-state index contributed by atoms with van der Waals surface area (Å²) in [4.78, 5) is 3.22. The number of hydrogen-bond acceptors (Lipinski definition) is 1. The summed E-state index contributed by atoms with van der Waals surface area (Å²) in [7, 11) is 0. The van der Waals surface area contributed by atoms with Gasteiger partial charge in [-0.25, -0.2) is 0 Å². The van der Waals surface area contributed by atoms with Crippen LogP contribution in [-0.2, 0) is 19.5 Å². The summed E-state index contributed by atoms with van der Waals surface area (Å²) in [6.45, 7) is 0.0964. The maximum Gasteiger partial charge on any atom is 0.0615 e. The molecule has 0 aliphatic carbocycles. The Hall–Kier alpha value is 0.0134. The zero-order valence-electron chi connectivity index (χ0n) is 8.64. The molecule has 0 amide bonds. The third-order valence-electron chi connectivity index (χ3n) is 1.44. The second kappa shape index (κ2) is 14.0. The molecule has 0 aliphatic rings. The number of benzene rings is 1. The molecule has 0 unspecified atom stereocenters. The third-order valence-corrected chi connectivity index (χ3v) is 1.44. The number of hydrogen-bond donors (Lipinski definition) is 1. The van der Waals surface area contributed by atoms with Crippen LogP contribution in [0.1, 0.15) is 5.56 Å². The van der Waals surface area contributed by atoms with Gasteiger partial charge >= 0.3 is 0 Å². The molecule has 15 heavy (non-hydrogen) atoms. The van der Waals surface area contributed by atoms with Crippen molar-refractivity contribution in [2.45, 2.75) is 0 Å². The molecule has 1 N–H and O–H groups in total. The van der Waals surface area contributed by atoms with Crippen LogP contribution in [-0.4, -0.2) is 11.7 Å². The Morgan fingerprint density at radius 3 is 2.27 bits per heavy atom. The number of rotatable bonds is 3. The topological polar surface area (TPSA) is 20.2 Å². The Morgan fingerprint density at radius 2 is 1.73 bits per heavy atom. The van der Waals surface area contributed by atoms with Crippen molar-refractivity contribution in [3.8, 4) is 0 Å². The zero-order chi connectivity index (χ0) is 10.6. The summed E-state index contributed by atoms with van der Waals surface area (Å²) in [5, 5.41) is 8.44. The summed E-state index contributed by atoms with van der Waals surface area (Å²) < 4.78 is 0. The summed E-state index contributed by atoms with van der Waals surface area (Å²) in [6.07, 6.45) is 7.42. The fraction of sp³-hybridized carbons (Fsp3) is 0.0833. The van der Waals surface area contributed by atoms with Gasteiger partial charge in [-0.05, 0) is 5.56 Å². The second-order valence-corrected chi connectivity index (χ2v) is 2.38. The van der Waals surface area contributed by atoms with Crippen LogP contribution in [0.2, 0.25) is 0 Å². The van der Waals surface area contributed by atoms with Gasteiger partial charge in [-0.1, -0.05) is 54.6 Å².